The Bertz CT molecular complexity index is 541. The topological polar surface area (TPSA) is 38.3 Å². The summed E-state index contributed by atoms with van der Waals surface area (Å²) in [6.45, 7) is 7.19. The number of unbranched alkanes of at least 4 members (excludes halogenated alkanes) is 1. The SMILES string of the molecule is CCCC[C@@H](CC)CNC(=O)[C@@H](CC)Oc1ccc2c(c1)CCCC2. The molecule has 25 heavy (non-hydrogen) atoms. The minimum absolute atomic E-state index is 0.0233. The first kappa shape index (κ1) is 19.8. The highest BCUT2D eigenvalue weighted by Crippen LogP contribution is 2.26. The van der Waals surface area contributed by atoms with E-state index in [-0.39, 0.29) is 5.91 Å². The average Bonchev–Trinajstić information content (AvgIpc) is 2.65. The summed E-state index contributed by atoms with van der Waals surface area (Å²) in [6.07, 6.45) is 9.88. The molecular weight excluding hydrogens is 310 g/mol. The Morgan fingerprint density at radius 3 is 2.56 bits per heavy atom. The van der Waals surface area contributed by atoms with E-state index in [0.29, 0.717) is 12.3 Å². The van der Waals surface area contributed by atoms with Gasteiger partial charge in [0.1, 0.15) is 5.75 Å². The van der Waals surface area contributed by atoms with Gasteiger partial charge in [0, 0.05) is 6.54 Å². The maximum absolute atomic E-state index is 12.5. The third-order valence-corrected chi connectivity index (χ3v) is 5.37. The number of benzene rings is 1. The molecule has 0 saturated carbocycles. The van der Waals surface area contributed by atoms with E-state index in [9.17, 15) is 4.79 Å². The molecule has 0 bridgehead atoms. The number of nitrogens with one attached hydrogen (secondary N) is 1. The largest absolute Gasteiger partial charge is 0.481 e. The van der Waals surface area contributed by atoms with E-state index in [1.807, 2.05) is 13.0 Å². The number of carbonyl (C=O) groups is 1. The predicted molar refractivity (Wildman–Crippen MR) is 104 cm³/mol. The summed E-state index contributed by atoms with van der Waals surface area (Å²) in [5.41, 5.74) is 2.84. The van der Waals surface area contributed by atoms with Crippen LogP contribution in [0.5, 0.6) is 5.75 Å². The van der Waals surface area contributed by atoms with Gasteiger partial charge in [0.2, 0.25) is 0 Å². The lowest BCUT2D eigenvalue weighted by Gasteiger charge is -2.22. The Morgan fingerprint density at radius 2 is 1.88 bits per heavy atom. The van der Waals surface area contributed by atoms with Crippen molar-refractivity contribution < 1.29 is 9.53 Å². The van der Waals surface area contributed by atoms with Crippen molar-refractivity contribution in [3.05, 3.63) is 29.3 Å². The molecule has 1 amide bonds. The van der Waals surface area contributed by atoms with Gasteiger partial charge < -0.3 is 10.1 Å². The number of rotatable bonds is 10. The van der Waals surface area contributed by atoms with Gasteiger partial charge in [0.25, 0.3) is 5.91 Å². The smallest absolute Gasteiger partial charge is 0.261 e. The Balaban J connectivity index is 1.89. The number of fused-ring (bicyclic) bond motifs is 1. The predicted octanol–water partition coefficient (Wildman–Crippen LogP) is 5.06. The molecule has 0 unspecified atom stereocenters. The van der Waals surface area contributed by atoms with Crippen molar-refractivity contribution in [1.29, 1.82) is 0 Å². The second-order valence-corrected chi connectivity index (χ2v) is 7.31. The molecule has 0 aromatic heterocycles. The van der Waals surface area contributed by atoms with Crippen LogP contribution in [0.3, 0.4) is 0 Å². The fraction of sp³-hybridized carbons (Fsp3) is 0.682. The molecule has 1 aromatic rings. The zero-order valence-corrected chi connectivity index (χ0v) is 16.3. The first-order valence-corrected chi connectivity index (χ1v) is 10.2. The van der Waals surface area contributed by atoms with Crippen LogP contribution in [0.2, 0.25) is 0 Å². The summed E-state index contributed by atoms with van der Waals surface area (Å²) >= 11 is 0. The highest BCUT2D eigenvalue weighted by atomic mass is 16.5. The lowest BCUT2D eigenvalue weighted by Crippen LogP contribution is -2.40. The van der Waals surface area contributed by atoms with E-state index in [4.69, 9.17) is 4.74 Å². The van der Waals surface area contributed by atoms with Crippen LogP contribution in [-0.2, 0) is 17.6 Å². The lowest BCUT2D eigenvalue weighted by atomic mass is 9.92. The highest BCUT2D eigenvalue weighted by molar-refractivity contribution is 5.81. The molecule has 1 N–H and O–H groups in total. The van der Waals surface area contributed by atoms with Crippen molar-refractivity contribution in [2.24, 2.45) is 5.92 Å². The molecule has 0 radical (unpaired) electrons. The second-order valence-electron chi connectivity index (χ2n) is 7.31. The Labute approximate surface area is 153 Å². The van der Waals surface area contributed by atoms with Crippen molar-refractivity contribution >= 4 is 5.91 Å². The molecule has 0 saturated heterocycles. The third kappa shape index (κ3) is 6.05. The maximum Gasteiger partial charge on any atom is 0.261 e. The molecule has 140 valence electrons. The Kier molecular flexibility index (Phi) is 8.30. The molecule has 0 heterocycles. The zero-order chi connectivity index (χ0) is 18.1. The first-order chi connectivity index (χ1) is 12.2. The maximum atomic E-state index is 12.5. The molecule has 0 fully saturated rings. The van der Waals surface area contributed by atoms with Crippen molar-refractivity contribution in [1.82, 2.24) is 5.32 Å². The quantitative estimate of drug-likeness (QED) is 0.644. The molecule has 2 rings (SSSR count). The van der Waals surface area contributed by atoms with Gasteiger partial charge >= 0.3 is 0 Å². The van der Waals surface area contributed by atoms with Gasteiger partial charge in [-0.25, -0.2) is 0 Å². The standard InChI is InChI=1S/C22H35NO2/c1-4-7-10-17(5-2)16-23-22(24)21(6-3)25-20-14-13-18-11-8-9-12-19(18)15-20/h13-15,17,21H,4-12,16H2,1-3H3,(H,23,24)/t17-,21-/m1/s1. The molecule has 1 aliphatic rings. The van der Waals surface area contributed by atoms with Gasteiger partial charge in [-0.15, -0.1) is 0 Å². The van der Waals surface area contributed by atoms with Gasteiger partial charge in [-0.05, 0) is 67.7 Å². The van der Waals surface area contributed by atoms with E-state index in [1.54, 1.807) is 0 Å². The van der Waals surface area contributed by atoms with Crippen LogP contribution in [0.4, 0.5) is 0 Å². The number of hydrogen-bond acceptors (Lipinski definition) is 2. The summed E-state index contributed by atoms with van der Waals surface area (Å²) < 4.78 is 6.03. The van der Waals surface area contributed by atoms with Crippen LogP contribution in [-0.4, -0.2) is 18.6 Å². The number of ether oxygens (including phenoxy) is 1. The number of hydrogen-bond donors (Lipinski definition) is 1. The van der Waals surface area contributed by atoms with Crippen molar-refractivity contribution in [3.63, 3.8) is 0 Å². The Hall–Kier alpha value is -1.51. The van der Waals surface area contributed by atoms with E-state index >= 15 is 0 Å². The van der Waals surface area contributed by atoms with Crippen LogP contribution in [0, 0.1) is 5.92 Å². The van der Waals surface area contributed by atoms with Gasteiger partial charge in [-0.3, -0.25) is 4.79 Å². The first-order valence-electron chi connectivity index (χ1n) is 10.2. The molecule has 2 atom stereocenters. The molecule has 3 nitrogen and oxygen atoms in total. The monoisotopic (exact) mass is 345 g/mol. The van der Waals surface area contributed by atoms with Gasteiger partial charge in [-0.1, -0.05) is 46.1 Å². The van der Waals surface area contributed by atoms with Crippen LogP contribution in [0.1, 0.15) is 76.8 Å². The minimum atomic E-state index is -0.398. The van der Waals surface area contributed by atoms with Gasteiger partial charge in [0.05, 0.1) is 0 Å². The van der Waals surface area contributed by atoms with Crippen molar-refractivity contribution in [3.8, 4) is 5.75 Å². The fourth-order valence-corrected chi connectivity index (χ4v) is 3.57. The summed E-state index contributed by atoms with van der Waals surface area (Å²) in [6, 6.07) is 6.34. The minimum Gasteiger partial charge on any atom is -0.481 e. The fourth-order valence-electron chi connectivity index (χ4n) is 3.57. The van der Waals surface area contributed by atoms with E-state index < -0.39 is 6.10 Å². The molecular formula is C22H35NO2. The summed E-state index contributed by atoms with van der Waals surface area (Å²) in [7, 11) is 0. The second kappa shape index (κ2) is 10.5. The van der Waals surface area contributed by atoms with Crippen LogP contribution in [0.25, 0.3) is 0 Å². The summed E-state index contributed by atoms with van der Waals surface area (Å²) in [5.74, 6) is 1.43. The van der Waals surface area contributed by atoms with E-state index in [2.05, 4.69) is 31.3 Å². The van der Waals surface area contributed by atoms with Crippen molar-refractivity contribution in [2.75, 3.05) is 6.54 Å². The molecule has 1 aromatic carbocycles. The third-order valence-electron chi connectivity index (χ3n) is 5.37. The van der Waals surface area contributed by atoms with Crippen LogP contribution < -0.4 is 10.1 Å². The summed E-state index contributed by atoms with van der Waals surface area (Å²) in [5, 5.41) is 3.11. The lowest BCUT2D eigenvalue weighted by molar-refractivity contribution is -0.128. The van der Waals surface area contributed by atoms with Gasteiger partial charge in [-0.2, -0.15) is 0 Å². The molecule has 0 aliphatic heterocycles. The molecule has 3 heteroatoms. The van der Waals surface area contributed by atoms with Crippen LogP contribution >= 0.6 is 0 Å². The highest BCUT2D eigenvalue weighted by Gasteiger charge is 2.20. The number of carbonyl (C=O) groups excluding carboxylic acids is 1. The van der Waals surface area contributed by atoms with E-state index in [0.717, 1.165) is 25.1 Å². The molecule has 0 spiro atoms. The van der Waals surface area contributed by atoms with E-state index in [1.165, 1.54) is 49.7 Å². The average molecular weight is 346 g/mol. The van der Waals surface area contributed by atoms with Crippen LogP contribution in [0.15, 0.2) is 18.2 Å². The number of aryl methyl sites for hydroxylation is 2. The normalized spacial score (nSPS) is 16.0. The van der Waals surface area contributed by atoms with Gasteiger partial charge in [0.15, 0.2) is 6.10 Å². The summed E-state index contributed by atoms with van der Waals surface area (Å²) in [4.78, 5) is 12.5. The van der Waals surface area contributed by atoms with Crippen molar-refractivity contribution in [2.45, 2.75) is 84.7 Å². The number of amides is 1. The Morgan fingerprint density at radius 1 is 1.12 bits per heavy atom. The molecule has 1 aliphatic carbocycles. The zero-order valence-electron chi connectivity index (χ0n) is 16.3.